The van der Waals surface area contributed by atoms with Gasteiger partial charge in [0.25, 0.3) is 0 Å². The van der Waals surface area contributed by atoms with Gasteiger partial charge in [-0.25, -0.2) is 8.78 Å². The summed E-state index contributed by atoms with van der Waals surface area (Å²) in [5.74, 6) is -1.12. The van der Waals surface area contributed by atoms with Gasteiger partial charge >= 0.3 is 0 Å². The molecular formula is C17H18ClF2N. The first-order valence-corrected chi connectivity index (χ1v) is 7.24. The van der Waals surface area contributed by atoms with Gasteiger partial charge in [-0.05, 0) is 44.0 Å². The van der Waals surface area contributed by atoms with Crippen molar-refractivity contribution < 1.29 is 8.78 Å². The van der Waals surface area contributed by atoms with Crippen LogP contribution in [0.1, 0.15) is 36.6 Å². The highest BCUT2D eigenvalue weighted by Gasteiger charge is 2.22. The van der Waals surface area contributed by atoms with E-state index < -0.39 is 17.7 Å². The normalized spacial score (nSPS) is 12.7. The summed E-state index contributed by atoms with van der Waals surface area (Å²) < 4.78 is 27.7. The molecule has 2 aromatic rings. The predicted molar refractivity (Wildman–Crippen MR) is 82.7 cm³/mol. The molecule has 0 aliphatic carbocycles. The molecule has 0 fully saturated rings. The fraction of sp³-hybridized carbons (Fsp3) is 0.294. The Balaban J connectivity index is 2.56. The van der Waals surface area contributed by atoms with E-state index in [0.29, 0.717) is 16.1 Å². The smallest absolute Gasteiger partial charge is 0.131 e. The van der Waals surface area contributed by atoms with Crippen molar-refractivity contribution in [3.05, 3.63) is 69.7 Å². The van der Waals surface area contributed by atoms with Crippen LogP contribution in [0.15, 0.2) is 36.4 Å². The average molecular weight is 310 g/mol. The Labute approximate surface area is 128 Å². The van der Waals surface area contributed by atoms with Gasteiger partial charge in [0, 0.05) is 22.7 Å². The summed E-state index contributed by atoms with van der Waals surface area (Å²) >= 11 is 6.24. The zero-order chi connectivity index (χ0) is 15.6. The first-order valence-electron chi connectivity index (χ1n) is 6.86. The van der Waals surface area contributed by atoms with Gasteiger partial charge in [-0.2, -0.15) is 0 Å². The molecule has 1 unspecified atom stereocenters. The molecule has 0 radical (unpaired) electrons. The molecular weight excluding hydrogens is 292 g/mol. The third-order valence-electron chi connectivity index (χ3n) is 3.31. The molecule has 1 atom stereocenters. The monoisotopic (exact) mass is 309 g/mol. The summed E-state index contributed by atoms with van der Waals surface area (Å²) in [5, 5.41) is 3.85. The molecule has 0 aliphatic heterocycles. The van der Waals surface area contributed by atoms with E-state index in [1.54, 1.807) is 13.0 Å². The van der Waals surface area contributed by atoms with Gasteiger partial charge in [-0.1, -0.05) is 29.8 Å². The molecule has 4 heteroatoms. The van der Waals surface area contributed by atoms with E-state index >= 15 is 0 Å². The molecule has 0 saturated heterocycles. The van der Waals surface area contributed by atoms with Gasteiger partial charge in [-0.15, -0.1) is 0 Å². The van der Waals surface area contributed by atoms with Crippen LogP contribution in [-0.4, -0.2) is 6.04 Å². The summed E-state index contributed by atoms with van der Waals surface area (Å²) in [4.78, 5) is 0. The summed E-state index contributed by atoms with van der Waals surface area (Å²) in [7, 11) is 0. The maximum Gasteiger partial charge on any atom is 0.131 e. The quantitative estimate of drug-likeness (QED) is 0.836. The second-order valence-corrected chi connectivity index (χ2v) is 5.81. The van der Waals surface area contributed by atoms with Crippen LogP contribution in [0, 0.1) is 18.6 Å². The van der Waals surface area contributed by atoms with Gasteiger partial charge in [0.15, 0.2) is 0 Å². The Hall–Kier alpha value is -1.45. The standard InChI is InChI=1S/C17H18ClF2N/c1-10(2)21-17(12-6-4-5-7-14(12)18)13-8-11(3)15(19)9-16(13)20/h4-10,17,21H,1-3H3. The maximum absolute atomic E-state index is 14.2. The summed E-state index contributed by atoms with van der Waals surface area (Å²) in [6, 6.07) is 9.45. The minimum Gasteiger partial charge on any atom is -0.304 e. The number of halogens is 3. The van der Waals surface area contributed by atoms with Crippen molar-refractivity contribution >= 4 is 11.6 Å². The van der Waals surface area contributed by atoms with Crippen molar-refractivity contribution in [1.29, 1.82) is 0 Å². The maximum atomic E-state index is 14.2. The molecule has 0 spiro atoms. The van der Waals surface area contributed by atoms with Gasteiger partial charge < -0.3 is 5.32 Å². The van der Waals surface area contributed by atoms with Crippen molar-refractivity contribution in [3.63, 3.8) is 0 Å². The number of aryl methyl sites for hydroxylation is 1. The Morgan fingerprint density at radius 2 is 1.67 bits per heavy atom. The van der Waals surface area contributed by atoms with Crippen LogP contribution in [0.3, 0.4) is 0 Å². The number of rotatable bonds is 4. The molecule has 112 valence electrons. The van der Waals surface area contributed by atoms with E-state index in [-0.39, 0.29) is 6.04 Å². The number of hydrogen-bond acceptors (Lipinski definition) is 1. The molecule has 21 heavy (non-hydrogen) atoms. The third kappa shape index (κ3) is 3.60. The molecule has 0 heterocycles. The first-order chi connectivity index (χ1) is 9.90. The Morgan fingerprint density at radius 1 is 1.00 bits per heavy atom. The molecule has 1 nitrogen and oxygen atoms in total. The van der Waals surface area contributed by atoms with Crippen LogP contribution in [0.25, 0.3) is 0 Å². The lowest BCUT2D eigenvalue weighted by Gasteiger charge is -2.24. The van der Waals surface area contributed by atoms with Crippen LogP contribution in [0.2, 0.25) is 5.02 Å². The Kier molecular flexibility index (Phi) is 4.96. The fourth-order valence-corrected chi connectivity index (χ4v) is 2.54. The minimum atomic E-state index is -0.573. The van der Waals surface area contributed by atoms with Crippen molar-refractivity contribution in [2.24, 2.45) is 0 Å². The van der Waals surface area contributed by atoms with Gasteiger partial charge in [0.05, 0.1) is 6.04 Å². The second kappa shape index (κ2) is 6.54. The van der Waals surface area contributed by atoms with Crippen LogP contribution < -0.4 is 5.32 Å². The third-order valence-corrected chi connectivity index (χ3v) is 3.65. The SMILES string of the molecule is Cc1cc(C(NC(C)C)c2ccccc2Cl)c(F)cc1F. The lowest BCUT2D eigenvalue weighted by atomic mass is 9.95. The van der Waals surface area contributed by atoms with Crippen LogP contribution >= 0.6 is 11.6 Å². The van der Waals surface area contributed by atoms with E-state index in [2.05, 4.69) is 5.32 Å². The van der Waals surface area contributed by atoms with Crippen LogP contribution in [0.5, 0.6) is 0 Å². The Morgan fingerprint density at radius 3 is 2.29 bits per heavy atom. The van der Waals surface area contributed by atoms with E-state index in [0.717, 1.165) is 11.6 Å². The van der Waals surface area contributed by atoms with E-state index in [1.807, 2.05) is 32.0 Å². The van der Waals surface area contributed by atoms with Gasteiger partial charge in [-0.3, -0.25) is 0 Å². The van der Waals surface area contributed by atoms with Crippen molar-refractivity contribution in [1.82, 2.24) is 5.32 Å². The average Bonchev–Trinajstić information content (AvgIpc) is 2.41. The molecule has 0 bridgehead atoms. The highest BCUT2D eigenvalue weighted by Crippen LogP contribution is 2.31. The lowest BCUT2D eigenvalue weighted by molar-refractivity contribution is 0.496. The molecule has 0 amide bonds. The zero-order valence-corrected chi connectivity index (χ0v) is 13.0. The zero-order valence-electron chi connectivity index (χ0n) is 12.3. The summed E-state index contributed by atoms with van der Waals surface area (Å²) in [5.41, 5.74) is 1.59. The second-order valence-electron chi connectivity index (χ2n) is 5.40. The predicted octanol–water partition coefficient (Wildman–Crippen LogP) is 5.01. The van der Waals surface area contributed by atoms with Gasteiger partial charge in [0.2, 0.25) is 0 Å². The number of hydrogen-bond donors (Lipinski definition) is 1. The fourth-order valence-electron chi connectivity index (χ4n) is 2.29. The number of benzene rings is 2. The highest BCUT2D eigenvalue weighted by atomic mass is 35.5. The summed E-state index contributed by atoms with van der Waals surface area (Å²) in [6.07, 6.45) is 0. The Bertz CT molecular complexity index is 641. The van der Waals surface area contributed by atoms with Crippen molar-refractivity contribution in [3.8, 4) is 0 Å². The molecule has 2 rings (SSSR count). The minimum absolute atomic E-state index is 0.121. The topological polar surface area (TPSA) is 12.0 Å². The van der Waals surface area contributed by atoms with E-state index in [4.69, 9.17) is 11.6 Å². The first kappa shape index (κ1) is 15.9. The largest absolute Gasteiger partial charge is 0.304 e. The highest BCUT2D eigenvalue weighted by molar-refractivity contribution is 6.31. The van der Waals surface area contributed by atoms with Crippen LogP contribution in [-0.2, 0) is 0 Å². The van der Waals surface area contributed by atoms with Crippen molar-refractivity contribution in [2.75, 3.05) is 0 Å². The molecule has 0 saturated carbocycles. The van der Waals surface area contributed by atoms with Crippen molar-refractivity contribution in [2.45, 2.75) is 32.9 Å². The molecule has 0 aromatic heterocycles. The molecule has 0 aliphatic rings. The molecule has 2 aromatic carbocycles. The van der Waals surface area contributed by atoms with Crippen LogP contribution in [0.4, 0.5) is 8.78 Å². The lowest BCUT2D eigenvalue weighted by Crippen LogP contribution is -2.30. The summed E-state index contributed by atoms with van der Waals surface area (Å²) in [6.45, 7) is 5.56. The van der Waals surface area contributed by atoms with Gasteiger partial charge in [0.1, 0.15) is 11.6 Å². The van der Waals surface area contributed by atoms with E-state index in [9.17, 15) is 8.78 Å². The molecule has 1 N–H and O–H groups in total. The van der Waals surface area contributed by atoms with E-state index in [1.165, 1.54) is 6.07 Å². The number of nitrogens with one attached hydrogen (secondary N) is 1.